The first kappa shape index (κ1) is 31.9. The van der Waals surface area contributed by atoms with Gasteiger partial charge in [0.05, 0.1) is 11.0 Å². The fraction of sp³-hybridized carbons (Fsp3) is 0. The van der Waals surface area contributed by atoms with Crippen LogP contribution in [0.4, 0.5) is 0 Å². The molecule has 0 unspecified atom stereocenters. The Bertz CT molecular complexity index is 3170. The molecule has 0 saturated carbocycles. The van der Waals surface area contributed by atoms with Crippen LogP contribution in [0.1, 0.15) is 0 Å². The normalized spacial score (nSPS) is 11.6. The molecule has 11 aromatic rings. The highest BCUT2D eigenvalue weighted by Crippen LogP contribution is 2.46. The molecule has 56 heavy (non-hydrogen) atoms. The molecule has 0 saturated heterocycles. The number of para-hydroxylation sites is 2. The number of fused-ring (bicyclic) bond motifs is 7. The van der Waals surface area contributed by atoms with Gasteiger partial charge in [0, 0.05) is 43.9 Å². The Hall–Kier alpha value is -7.63. The van der Waals surface area contributed by atoms with Crippen LogP contribution >= 0.6 is 0 Å². The lowest BCUT2D eigenvalue weighted by Gasteiger charge is -2.15. The van der Waals surface area contributed by atoms with Gasteiger partial charge in [0.15, 0.2) is 17.5 Å². The third kappa shape index (κ3) is 5.21. The second-order valence-electron chi connectivity index (χ2n) is 14.0. The molecule has 0 aliphatic carbocycles. The van der Waals surface area contributed by atoms with Crippen LogP contribution in [0.5, 0.6) is 0 Å². The summed E-state index contributed by atoms with van der Waals surface area (Å²) in [6.07, 6.45) is 0. The summed E-state index contributed by atoms with van der Waals surface area (Å²) in [5, 5.41) is 4.47. The van der Waals surface area contributed by atoms with Gasteiger partial charge in [0.25, 0.3) is 0 Å². The molecular formula is C51H32N4O. The summed E-state index contributed by atoms with van der Waals surface area (Å²) < 4.78 is 9.08. The summed E-state index contributed by atoms with van der Waals surface area (Å²) >= 11 is 0. The van der Waals surface area contributed by atoms with Crippen molar-refractivity contribution in [3.63, 3.8) is 0 Å². The molecular weight excluding hydrogens is 685 g/mol. The van der Waals surface area contributed by atoms with Crippen molar-refractivity contribution in [3.8, 4) is 62.1 Å². The topological polar surface area (TPSA) is 56.7 Å². The van der Waals surface area contributed by atoms with E-state index in [4.69, 9.17) is 19.4 Å². The maximum atomic E-state index is 6.73. The highest BCUT2D eigenvalue weighted by atomic mass is 16.3. The van der Waals surface area contributed by atoms with Crippen LogP contribution in [0.3, 0.4) is 0 Å². The van der Waals surface area contributed by atoms with Gasteiger partial charge < -0.3 is 8.98 Å². The van der Waals surface area contributed by atoms with Crippen LogP contribution in [0, 0.1) is 0 Å². The van der Waals surface area contributed by atoms with Crippen LogP contribution in [0.15, 0.2) is 199 Å². The standard InChI is InChI=1S/C51H32N4O/c1-5-16-33(17-6-1)36-28-29-38(41(32-36)51-53-49(34-18-7-2-8-19-34)52-50(54-51)35-20-9-3-10-21-35)39-25-15-27-44-47(39)48-45(56-44)31-30-43-46(48)40-24-13-14-26-42(40)55(43)37-22-11-4-12-23-37/h1-32H. The van der Waals surface area contributed by atoms with Gasteiger partial charge in [-0.2, -0.15) is 0 Å². The average Bonchev–Trinajstić information content (AvgIpc) is 3.83. The fourth-order valence-electron chi connectivity index (χ4n) is 8.15. The first-order chi connectivity index (χ1) is 27.8. The van der Waals surface area contributed by atoms with E-state index in [9.17, 15) is 0 Å². The first-order valence-electron chi connectivity index (χ1n) is 18.8. The minimum atomic E-state index is 0.598. The van der Waals surface area contributed by atoms with Crippen LogP contribution < -0.4 is 0 Å². The van der Waals surface area contributed by atoms with Gasteiger partial charge >= 0.3 is 0 Å². The van der Waals surface area contributed by atoms with Crippen molar-refractivity contribution in [3.05, 3.63) is 194 Å². The van der Waals surface area contributed by atoms with Crippen LogP contribution in [-0.2, 0) is 0 Å². The van der Waals surface area contributed by atoms with E-state index in [-0.39, 0.29) is 0 Å². The quantitative estimate of drug-likeness (QED) is 0.172. The van der Waals surface area contributed by atoms with Crippen molar-refractivity contribution in [2.24, 2.45) is 0 Å². The molecule has 0 N–H and O–H groups in total. The number of benzene rings is 8. The number of nitrogens with zero attached hydrogens (tertiary/aromatic N) is 4. The predicted molar refractivity (Wildman–Crippen MR) is 229 cm³/mol. The molecule has 0 aliphatic rings. The molecule has 0 spiro atoms. The average molecular weight is 717 g/mol. The summed E-state index contributed by atoms with van der Waals surface area (Å²) in [7, 11) is 0. The van der Waals surface area contributed by atoms with E-state index in [1.54, 1.807) is 0 Å². The van der Waals surface area contributed by atoms with Crippen molar-refractivity contribution in [2.75, 3.05) is 0 Å². The van der Waals surface area contributed by atoms with Crippen LogP contribution in [0.2, 0.25) is 0 Å². The lowest BCUT2D eigenvalue weighted by atomic mass is 9.91. The van der Waals surface area contributed by atoms with Crippen LogP contribution in [0.25, 0.3) is 106 Å². The number of aromatic nitrogens is 4. The molecule has 3 aromatic heterocycles. The monoisotopic (exact) mass is 716 g/mol. The number of hydrogen-bond donors (Lipinski definition) is 0. The maximum absolute atomic E-state index is 6.73. The van der Waals surface area contributed by atoms with E-state index in [1.165, 1.54) is 5.39 Å². The van der Waals surface area contributed by atoms with E-state index < -0.39 is 0 Å². The van der Waals surface area contributed by atoms with Crippen molar-refractivity contribution < 1.29 is 4.42 Å². The van der Waals surface area contributed by atoms with Gasteiger partial charge in [-0.15, -0.1) is 0 Å². The summed E-state index contributed by atoms with van der Waals surface area (Å²) in [5.41, 5.74) is 12.0. The van der Waals surface area contributed by atoms with Gasteiger partial charge in [-0.1, -0.05) is 152 Å². The first-order valence-corrected chi connectivity index (χ1v) is 18.8. The number of furan rings is 1. The van der Waals surface area contributed by atoms with E-state index in [0.29, 0.717) is 17.5 Å². The second-order valence-corrected chi connectivity index (χ2v) is 14.0. The Labute approximate surface area is 322 Å². The number of rotatable bonds is 6. The molecule has 5 nitrogen and oxygen atoms in total. The summed E-state index contributed by atoms with van der Waals surface area (Å²) in [6, 6.07) is 67.3. The molecule has 8 aromatic carbocycles. The minimum Gasteiger partial charge on any atom is -0.456 e. The van der Waals surface area contributed by atoms with Crippen molar-refractivity contribution >= 4 is 43.7 Å². The van der Waals surface area contributed by atoms with Gasteiger partial charge in [-0.05, 0) is 64.7 Å². The molecule has 0 atom stereocenters. The third-order valence-electron chi connectivity index (χ3n) is 10.7. The van der Waals surface area contributed by atoms with Crippen LogP contribution in [-0.4, -0.2) is 19.5 Å². The molecule has 262 valence electrons. The maximum Gasteiger partial charge on any atom is 0.164 e. The van der Waals surface area contributed by atoms with Crippen molar-refractivity contribution in [2.45, 2.75) is 0 Å². The Kier molecular flexibility index (Phi) is 7.42. The lowest BCUT2D eigenvalue weighted by Crippen LogP contribution is -2.01. The van der Waals surface area contributed by atoms with Gasteiger partial charge in [0.2, 0.25) is 0 Å². The van der Waals surface area contributed by atoms with E-state index in [1.807, 2.05) is 66.7 Å². The molecule has 5 heteroatoms. The van der Waals surface area contributed by atoms with E-state index in [0.717, 1.165) is 83.0 Å². The SMILES string of the molecule is c1ccc(-c2ccc(-c3cccc4oc5ccc6c(c7ccccc7n6-c6ccccc6)c5c34)c(-c3nc(-c4ccccc4)nc(-c4ccccc4)n3)c2)cc1. The molecule has 0 fully saturated rings. The van der Waals surface area contributed by atoms with Crippen molar-refractivity contribution in [1.82, 2.24) is 19.5 Å². The predicted octanol–water partition coefficient (Wildman–Crippen LogP) is 13.2. The zero-order valence-electron chi connectivity index (χ0n) is 30.2. The van der Waals surface area contributed by atoms with Crippen molar-refractivity contribution in [1.29, 1.82) is 0 Å². The Morgan fingerprint density at radius 3 is 1.62 bits per heavy atom. The Morgan fingerprint density at radius 1 is 0.339 bits per heavy atom. The van der Waals surface area contributed by atoms with Gasteiger partial charge in [0.1, 0.15) is 11.2 Å². The molecule has 0 radical (unpaired) electrons. The van der Waals surface area contributed by atoms with Gasteiger partial charge in [-0.3, -0.25) is 0 Å². The lowest BCUT2D eigenvalue weighted by molar-refractivity contribution is 0.669. The molecule has 0 bridgehead atoms. The number of hydrogen-bond acceptors (Lipinski definition) is 4. The zero-order chi connectivity index (χ0) is 37.0. The molecule has 3 heterocycles. The Morgan fingerprint density at radius 2 is 0.929 bits per heavy atom. The molecule has 0 aliphatic heterocycles. The largest absolute Gasteiger partial charge is 0.456 e. The summed E-state index contributed by atoms with van der Waals surface area (Å²) in [4.78, 5) is 15.5. The fourth-order valence-corrected chi connectivity index (χ4v) is 8.15. The summed E-state index contributed by atoms with van der Waals surface area (Å²) in [6.45, 7) is 0. The van der Waals surface area contributed by atoms with E-state index >= 15 is 0 Å². The minimum absolute atomic E-state index is 0.598. The molecule has 0 amide bonds. The Balaban J connectivity index is 1.23. The smallest absolute Gasteiger partial charge is 0.164 e. The van der Waals surface area contributed by atoms with E-state index in [2.05, 4.69) is 132 Å². The summed E-state index contributed by atoms with van der Waals surface area (Å²) in [5.74, 6) is 1.84. The van der Waals surface area contributed by atoms with Gasteiger partial charge in [-0.25, -0.2) is 15.0 Å². The highest BCUT2D eigenvalue weighted by molar-refractivity contribution is 6.29. The zero-order valence-corrected chi connectivity index (χ0v) is 30.2. The highest BCUT2D eigenvalue weighted by Gasteiger charge is 2.23. The molecule has 11 rings (SSSR count). The second kappa shape index (κ2) is 13.0. The third-order valence-corrected chi connectivity index (χ3v) is 10.7.